The lowest BCUT2D eigenvalue weighted by molar-refractivity contribution is -0.120. The normalized spacial score (nSPS) is 10.6. The number of nitrogens with one attached hydrogen (secondary N) is 1. The van der Waals surface area contributed by atoms with E-state index in [-0.39, 0.29) is 12.3 Å². The number of carbonyl (C=O) groups excluding carboxylic acids is 1. The van der Waals surface area contributed by atoms with E-state index in [0.717, 1.165) is 22.6 Å². The van der Waals surface area contributed by atoms with Crippen molar-refractivity contribution in [3.8, 4) is 5.75 Å². The van der Waals surface area contributed by atoms with E-state index >= 15 is 0 Å². The molecule has 2 aromatic rings. The Morgan fingerprint density at radius 2 is 1.78 bits per heavy atom. The average Bonchev–Trinajstić information content (AvgIpc) is 2.56. The number of benzene rings is 2. The molecule has 0 fully saturated rings. The lowest BCUT2D eigenvalue weighted by Crippen LogP contribution is -2.19. The van der Waals surface area contributed by atoms with Crippen molar-refractivity contribution in [3.63, 3.8) is 0 Å². The van der Waals surface area contributed by atoms with Gasteiger partial charge in [0.15, 0.2) is 0 Å². The molecule has 0 atom stereocenters. The summed E-state index contributed by atoms with van der Waals surface area (Å²) < 4.78 is 5.08. The van der Waals surface area contributed by atoms with E-state index in [1.165, 1.54) is 0 Å². The number of carbonyl (C=O) groups is 1. The first kappa shape index (κ1) is 16.5. The van der Waals surface area contributed by atoms with Crippen molar-refractivity contribution in [2.75, 3.05) is 26.1 Å². The van der Waals surface area contributed by atoms with Gasteiger partial charge in [-0.2, -0.15) is 5.10 Å². The molecule has 0 heterocycles. The van der Waals surface area contributed by atoms with Crippen LogP contribution in [0.15, 0.2) is 53.6 Å². The maximum Gasteiger partial charge on any atom is 0.244 e. The molecule has 0 unspecified atom stereocenters. The lowest BCUT2D eigenvalue weighted by atomic mass is 10.1. The Morgan fingerprint density at radius 1 is 1.13 bits per heavy atom. The van der Waals surface area contributed by atoms with Crippen LogP contribution < -0.4 is 15.1 Å². The van der Waals surface area contributed by atoms with Gasteiger partial charge in [-0.25, -0.2) is 5.43 Å². The summed E-state index contributed by atoms with van der Waals surface area (Å²) in [7, 11) is 5.59. The van der Waals surface area contributed by atoms with Crippen LogP contribution in [0.25, 0.3) is 0 Å². The van der Waals surface area contributed by atoms with E-state index in [2.05, 4.69) is 10.5 Å². The molecule has 0 spiro atoms. The number of amides is 1. The zero-order chi connectivity index (χ0) is 16.7. The maximum absolute atomic E-state index is 11.8. The highest BCUT2D eigenvalue weighted by molar-refractivity contribution is 5.83. The fraction of sp³-hybridized carbons (Fsp3) is 0.222. The molecule has 0 saturated heterocycles. The fourth-order valence-corrected chi connectivity index (χ4v) is 2.01. The standard InChI is InChI=1S/C18H21N3O2/c1-21(2)16-8-4-15(5-9-16)13-19-20-18(22)12-14-6-10-17(23-3)11-7-14/h4-11,13H,12H2,1-3H3,(H,20,22)/b19-13-. The van der Waals surface area contributed by atoms with Gasteiger partial charge < -0.3 is 9.64 Å². The van der Waals surface area contributed by atoms with Crippen molar-refractivity contribution in [2.24, 2.45) is 5.10 Å². The van der Waals surface area contributed by atoms with Crippen LogP contribution in [-0.4, -0.2) is 33.3 Å². The second-order valence-corrected chi connectivity index (χ2v) is 5.30. The largest absolute Gasteiger partial charge is 0.497 e. The van der Waals surface area contributed by atoms with Gasteiger partial charge in [-0.3, -0.25) is 4.79 Å². The van der Waals surface area contributed by atoms with E-state index < -0.39 is 0 Å². The van der Waals surface area contributed by atoms with Crippen molar-refractivity contribution in [1.82, 2.24) is 5.43 Å². The molecule has 0 saturated carbocycles. The summed E-state index contributed by atoms with van der Waals surface area (Å²) in [5.41, 5.74) is 5.49. The third-order valence-electron chi connectivity index (χ3n) is 3.34. The molecule has 0 radical (unpaired) electrons. The number of methoxy groups -OCH3 is 1. The molecular formula is C18H21N3O2. The van der Waals surface area contributed by atoms with E-state index in [4.69, 9.17) is 4.74 Å². The Balaban J connectivity index is 1.85. The van der Waals surface area contributed by atoms with E-state index in [9.17, 15) is 4.79 Å². The molecule has 23 heavy (non-hydrogen) atoms. The van der Waals surface area contributed by atoms with E-state index in [1.807, 2.05) is 67.5 Å². The summed E-state index contributed by atoms with van der Waals surface area (Å²) >= 11 is 0. The smallest absolute Gasteiger partial charge is 0.244 e. The first-order valence-electron chi connectivity index (χ1n) is 7.30. The minimum Gasteiger partial charge on any atom is -0.497 e. The Bertz CT molecular complexity index is 662. The minimum absolute atomic E-state index is 0.156. The Morgan fingerprint density at radius 3 is 2.35 bits per heavy atom. The van der Waals surface area contributed by atoms with Crippen LogP contribution in [0.5, 0.6) is 5.75 Å². The molecular weight excluding hydrogens is 290 g/mol. The predicted octanol–water partition coefficient (Wildman–Crippen LogP) is 2.45. The van der Waals surface area contributed by atoms with Crippen LogP contribution in [0.4, 0.5) is 5.69 Å². The number of hydrazone groups is 1. The van der Waals surface area contributed by atoms with Crippen LogP contribution in [0, 0.1) is 0 Å². The van der Waals surface area contributed by atoms with Crippen molar-refractivity contribution in [2.45, 2.75) is 6.42 Å². The molecule has 0 bridgehead atoms. The molecule has 0 aliphatic rings. The third-order valence-corrected chi connectivity index (χ3v) is 3.34. The van der Waals surface area contributed by atoms with Gasteiger partial charge in [-0.1, -0.05) is 24.3 Å². The number of hydrogen-bond acceptors (Lipinski definition) is 4. The zero-order valence-corrected chi connectivity index (χ0v) is 13.6. The molecule has 1 N–H and O–H groups in total. The second kappa shape index (κ2) is 7.98. The first-order chi connectivity index (χ1) is 11.1. The number of hydrogen-bond donors (Lipinski definition) is 1. The molecule has 0 aliphatic heterocycles. The second-order valence-electron chi connectivity index (χ2n) is 5.30. The summed E-state index contributed by atoms with van der Waals surface area (Å²) in [6.45, 7) is 0. The summed E-state index contributed by atoms with van der Waals surface area (Å²) in [5.74, 6) is 0.615. The van der Waals surface area contributed by atoms with Crippen LogP contribution in [0.1, 0.15) is 11.1 Å². The van der Waals surface area contributed by atoms with Crippen LogP contribution in [0.2, 0.25) is 0 Å². The highest BCUT2D eigenvalue weighted by Gasteiger charge is 2.02. The molecule has 120 valence electrons. The van der Waals surface area contributed by atoms with Crippen LogP contribution >= 0.6 is 0 Å². The highest BCUT2D eigenvalue weighted by Crippen LogP contribution is 2.12. The van der Waals surface area contributed by atoms with Gasteiger partial charge >= 0.3 is 0 Å². The van der Waals surface area contributed by atoms with Crippen LogP contribution in [0.3, 0.4) is 0 Å². The van der Waals surface area contributed by atoms with Crippen LogP contribution in [-0.2, 0) is 11.2 Å². The molecule has 1 amide bonds. The average molecular weight is 311 g/mol. The minimum atomic E-state index is -0.156. The molecule has 5 heteroatoms. The van der Waals surface area contributed by atoms with Gasteiger partial charge in [-0.15, -0.1) is 0 Å². The molecule has 0 aliphatic carbocycles. The SMILES string of the molecule is COc1ccc(CC(=O)N/N=C\c2ccc(N(C)C)cc2)cc1. The number of nitrogens with zero attached hydrogens (tertiary/aromatic N) is 2. The number of rotatable bonds is 6. The third kappa shape index (κ3) is 5.14. The summed E-state index contributed by atoms with van der Waals surface area (Å²) in [4.78, 5) is 13.9. The topological polar surface area (TPSA) is 53.9 Å². The molecule has 5 nitrogen and oxygen atoms in total. The lowest BCUT2D eigenvalue weighted by Gasteiger charge is -2.11. The first-order valence-corrected chi connectivity index (χ1v) is 7.30. The molecule has 2 rings (SSSR count). The Kier molecular flexibility index (Phi) is 5.74. The van der Waals surface area contributed by atoms with Crippen molar-refractivity contribution >= 4 is 17.8 Å². The Hall–Kier alpha value is -2.82. The maximum atomic E-state index is 11.8. The van der Waals surface area contributed by atoms with Crippen molar-refractivity contribution < 1.29 is 9.53 Å². The monoisotopic (exact) mass is 311 g/mol. The summed E-state index contributed by atoms with van der Waals surface area (Å²) in [5, 5.41) is 3.98. The van der Waals surface area contributed by atoms with Gasteiger partial charge in [-0.05, 0) is 35.4 Å². The van der Waals surface area contributed by atoms with Gasteiger partial charge in [0, 0.05) is 19.8 Å². The van der Waals surface area contributed by atoms with Gasteiger partial charge in [0.05, 0.1) is 19.7 Å². The van der Waals surface area contributed by atoms with Crippen molar-refractivity contribution in [3.05, 3.63) is 59.7 Å². The zero-order valence-electron chi connectivity index (χ0n) is 13.6. The number of anilines is 1. The Labute approximate surface area is 136 Å². The van der Waals surface area contributed by atoms with Gasteiger partial charge in [0.25, 0.3) is 0 Å². The summed E-state index contributed by atoms with van der Waals surface area (Å²) in [6, 6.07) is 15.3. The quantitative estimate of drug-likeness (QED) is 0.658. The van der Waals surface area contributed by atoms with E-state index in [1.54, 1.807) is 13.3 Å². The molecule has 2 aromatic carbocycles. The highest BCUT2D eigenvalue weighted by atomic mass is 16.5. The van der Waals surface area contributed by atoms with Gasteiger partial charge in [0.2, 0.25) is 5.91 Å². The molecule has 0 aromatic heterocycles. The number of ether oxygens (including phenoxy) is 1. The van der Waals surface area contributed by atoms with Crippen molar-refractivity contribution in [1.29, 1.82) is 0 Å². The van der Waals surface area contributed by atoms with Gasteiger partial charge in [0.1, 0.15) is 5.75 Å². The van der Waals surface area contributed by atoms with E-state index in [0.29, 0.717) is 0 Å². The summed E-state index contributed by atoms with van der Waals surface area (Å²) in [6.07, 6.45) is 1.91. The fourth-order valence-electron chi connectivity index (χ4n) is 2.01. The predicted molar refractivity (Wildman–Crippen MR) is 93.2 cm³/mol.